The lowest BCUT2D eigenvalue weighted by Crippen LogP contribution is -2.24. The van der Waals surface area contributed by atoms with Gasteiger partial charge in [0, 0.05) is 5.56 Å². The molecule has 1 unspecified atom stereocenters. The fraction of sp³-hybridized carbons (Fsp3) is 0.286. The van der Waals surface area contributed by atoms with Crippen molar-refractivity contribution in [1.82, 2.24) is 5.32 Å². The summed E-state index contributed by atoms with van der Waals surface area (Å²) in [6.07, 6.45) is 0.942. The molecule has 0 radical (unpaired) electrons. The Balaban J connectivity index is 2.37. The normalized spacial score (nSPS) is 12.6. The Labute approximate surface area is 109 Å². The first-order chi connectivity index (χ1) is 8.74. The molecule has 0 saturated heterocycles. The lowest BCUT2D eigenvalue weighted by molar-refractivity contribution is 0.480. The zero-order chi connectivity index (χ0) is 13.0. The number of hydrogen-bond donors (Lipinski definition) is 1. The largest absolute Gasteiger partial charge is 0.306 e. The summed E-state index contributed by atoms with van der Waals surface area (Å²) >= 11 is 1.55. The Morgan fingerprint density at radius 2 is 2.11 bits per heavy atom. The average molecular weight is 267 g/mol. The van der Waals surface area contributed by atoms with Crippen LogP contribution in [0.15, 0.2) is 35.0 Å². The predicted octanol–water partition coefficient (Wildman–Crippen LogP) is 4.12. The van der Waals surface area contributed by atoms with E-state index in [1.54, 1.807) is 23.5 Å². The van der Waals surface area contributed by atoms with Crippen LogP contribution in [0, 0.1) is 11.6 Å². The van der Waals surface area contributed by atoms with Crippen LogP contribution in [-0.2, 0) is 0 Å². The van der Waals surface area contributed by atoms with Crippen molar-refractivity contribution in [2.45, 2.75) is 19.4 Å². The summed E-state index contributed by atoms with van der Waals surface area (Å²) < 4.78 is 27.2. The smallest absolute Gasteiger partial charge is 0.163 e. The summed E-state index contributed by atoms with van der Waals surface area (Å²) in [5, 5.41) is 7.15. The minimum Gasteiger partial charge on any atom is -0.306 e. The Bertz CT molecular complexity index is 497. The minimum atomic E-state index is -0.800. The highest BCUT2D eigenvalue weighted by atomic mass is 32.1. The Kier molecular flexibility index (Phi) is 4.44. The second-order valence-electron chi connectivity index (χ2n) is 4.09. The van der Waals surface area contributed by atoms with E-state index in [4.69, 9.17) is 0 Å². The van der Waals surface area contributed by atoms with Crippen LogP contribution in [0.5, 0.6) is 0 Å². The standard InChI is InChI=1S/C14H15F2NS/c1-2-7-17-14(10-6-8-18-9-10)11-4-3-5-12(15)13(11)16/h3-6,8-9,14,17H,2,7H2,1H3. The molecule has 0 spiro atoms. The molecule has 0 amide bonds. The molecule has 1 heterocycles. The SMILES string of the molecule is CCCNC(c1ccsc1)c1cccc(F)c1F. The molecule has 1 atom stereocenters. The molecule has 18 heavy (non-hydrogen) atoms. The number of rotatable bonds is 5. The van der Waals surface area contributed by atoms with Gasteiger partial charge in [0.05, 0.1) is 6.04 Å². The quantitative estimate of drug-likeness (QED) is 0.859. The Hall–Kier alpha value is -1.26. The Morgan fingerprint density at radius 1 is 1.28 bits per heavy atom. The topological polar surface area (TPSA) is 12.0 Å². The molecule has 0 saturated carbocycles. The maximum absolute atomic E-state index is 13.9. The van der Waals surface area contributed by atoms with E-state index < -0.39 is 11.6 Å². The third-order valence-electron chi connectivity index (χ3n) is 2.77. The first-order valence-corrected chi connectivity index (χ1v) is 6.87. The maximum atomic E-state index is 13.9. The van der Waals surface area contributed by atoms with Crippen molar-refractivity contribution in [3.05, 3.63) is 57.8 Å². The van der Waals surface area contributed by atoms with Gasteiger partial charge in [0.15, 0.2) is 11.6 Å². The van der Waals surface area contributed by atoms with Crippen LogP contribution in [0.4, 0.5) is 8.78 Å². The van der Waals surface area contributed by atoms with Gasteiger partial charge in [-0.1, -0.05) is 19.1 Å². The van der Waals surface area contributed by atoms with Crippen molar-refractivity contribution in [2.24, 2.45) is 0 Å². The second-order valence-corrected chi connectivity index (χ2v) is 4.87. The van der Waals surface area contributed by atoms with Crippen LogP contribution >= 0.6 is 11.3 Å². The summed E-state index contributed by atoms with van der Waals surface area (Å²) in [6.45, 7) is 2.80. The van der Waals surface area contributed by atoms with Gasteiger partial charge in [0.1, 0.15) is 0 Å². The van der Waals surface area contributed by atoms with Crippen LogP contribution in [0.1, 0.15) is 30.5 Å². The number of thiophene rings is 1. The van der Waals surface area contributed by atoms with Crippen molar-refractivity contribution in [3.63, 3.8) is 0 Å². The van der Waals surface area contributed by atoms with Gasteiger partial charge in [-0.05, 0) is 41.4 Å². The zero-order valence-corrected chi connectivity index (χ0v) is 10.9. The van der Waals surface area contributed by atoms with E-state index in [0.29, 0.717) is 5.56 Å². The van der Waals surface area contributed by atoms with Crippen molar-refractivity contribution in [3.8, 4) is 0 Å². The zero-order valence-electron chi connectivity index (χ0n) is 10.1. The molecule has 1 nitrogen and oxygen atoms in total. The first kappa shape index (κ1) is 13.2. The molecule has 1 aromatic heterocycles. The molecule has 0 aliphatic heterocycles. The number of halogens is 2. The van der Waals surface area contributed by atoms with Crippen molar-refractivity contribution in [2.75, 3.05) is 6.54 Å². The van der Waals surface area contributed by atoms with Gasteiger partial charge in [0.25, 0.3) is 0 Å². The van der Waals surface area contributed by atoms with E-state index in [1.807, 2.05) is 23.8 Å². The molecular weight excluding hydrogens is 252 g/mol. The monoisotopic (exact) mass is 267 g/mol. The van der Waals surface area contributed by atoms with Gasteiger partial charge < -0.3 is 5.32 Å². The van der Waals surface area contributed by atoms with E-state index in [1.165, 1.54) is 0 Å². The summed E-state index contributed by atoms with van der Waals surface area (Å²) in [7, 11) is 0. The highest BCUT2D eigenvalue weighted by Crippen LogP contribution is 2.27. The molecule has 4 heteroatoms. The fourth-order valence-electron chi connectivity index (χ4n) is 1.88. The molecule has 0 aliphatic rings. The molecule has 0 bridgehead atoms. The summed E-state index contributed by atoms with van der Waals surface area (Å²) in [6, 6.07) is 5.96. The van der Waals surface area contributed by atoms with Crippen LogP contribution in [-0.4, -0.2) is 6.54 Å². The van der Waals surface area contributed by atoms with E-state index >= 15 is 0 Å². The summed E-state index contributed by atoms with van der Waals surface area (Å²) in [5.41, 5.74) is 1.33. The third-order valence-corrected chi connectivity index (χ3v) is 3.47. The minimum absolute atomic E-state index is 0.285. The molecule has 2 aromatic rings. The molecular formula is C14H15F2NS. The number of benzene rings is 1. The summed E-state index contributed by atoms with van der Waals surface area (Å²) in [5.74, 6) is -1.57. The fourth-order valence-corrected chi connectivity index (χ4v) is 2.56. The van der Waals surface area contributed by atoms with E-state index in [0.717, 1.165) is 24.6 Å². The molecule has 1 aromatic carbocycles. The van der Waals surface area contributed by atoms with Gasteiger partial charge in [-0.15, -0.1) is 0 Å². The van der Waals surface area contributed by atoms with Crippen molar-refractivity contribution < 1.29 is 8.78 Å². The van der Waals surface area contributed by atoms with Crippen LogP contribution in [0.3, 0.4) is 0 Å². The van der Waals surface area contributed by atoms with Gasteiger partial charge >= 0.3 is 0 Å². The lowest BCUT2D eigenvalue weighted by atomic mass is 10.0. The average Bonchev–Trinajstić information content (AvgIpc) is 2.88. The highest BCUT2D eigenvalue weighted by molar-refractivity contribution is 7.08. The van der Waals surface area contributed by atoms with E-state index in [2.05, 4.69) is 5.32 Å². The number of hydrogen-bond acceptors (Lipinski definition) is 2. The van der Waals surface area contributed by atoms with Crippen LogP contribution < -0.4 is 5.32 Å². The first-order valence-electron chi connectivity index (χ1n) is 5.93. The van der Waals surface area contributed by atoms with Crippen LogP contribution in [0.25, 0.3) is 0 Å². The molecule has 1 N–H and O–H groups in total. The molecule has 0 fully saturated rings. The second kappa shape index (κ2) is 6.07. The molecule has 2 rings (SSSR count). The third kappa shape index (κ3) is 2.76. The summed E-state index contributed by atoms with van der Waals surface area (Å²) in [4.78, 5) is 0. The van der Waals surface area contributed by atoms with Gasteiger partial charge in [-0.25, -0.2) is 8.78 Å². The predicted molar refractivity (Wildman–Crippen MR) is 70.8 cm³/mol. The van der Waals surface area contributed by atoms with Gasteiger partial charge in [-0.3, -0.25) is 0 Å². The van der Waals surface area contributed by atoms with Gasteiger partial charge in [0.2, 0.25) is 0 Å². The van der Waals surface area contributed by atoms with Crippen LogP contribution in [0.2, 0.25) is 0 Å². The maximum Gasteiger partial charge on any atom is 0.163 e. The Morgan fingerprint density at radius 3 is 2.78 bits per heavy atom. The van der Waals surface area contributed by atoms with Crippen molar-refractivity contribution >= 4 is 11.3 Å². The van der Waals surface area contributed by atoms with Gasteiger partial charge in [-0.2, -0.15) is 11.3 Å². The molecule has 96 valence electrons. The number of nitrogens with one attached hydrogen (secondary N) is 1. The van der Waals surface area contributed by atoms with E-state index in [9.17, 15) is 8.78 Å². The highest BCUT2D eigenvalue weighted by Gasteiger charge is 2.19. The molecule has 0 aliphatic carbocycles. The lowest BCUT2D eigenvalue weighted by Gasteiger charge is -2.18. The van der Waals surface area contributed by atoms with E-state index in [-0.39, 0.29) is 6.04 Å². The van der Waals surface area contributed by atoms with Crippen molar-refractivity contribution in [1.29, 1.82) is 0 Å².